The van der Waals surface area contributed by atoms with Crippen molar-refractivity contribution in [3.05, 3.63) is 28.2 Å². The molecule has 0 saturated carbocycles. The molecule has 1 atom stereocenters. The molecule has 1 N–H and O–H groups in total. The molecule has 0 aromatic heterocycles. The van der Waals surface area contributed by atoms with Gasteiger partial charge in [0.05, 0.1) is 10.7 Å². The van der Waals surface area contributed by atoms with Crippen LogP contribution >= 0.6 is 35.6 Å². The number of piperidine rings is 1. The van der Waals surface area contributed by atoms with E-state index in [1.807, 2.05) is 0 Å². The summed E-state index contributed by atoms with van der Waals surface area (Å²) in [6, 6.07) is 5.35. The Balaban J connectivity index is 0.00000220. The molecule has 1 amide bonds. The predicted molar refractivity (Wildman–Crippen MR) is 91.8 cm³/mol. The van der Waals surface area contributed by atoms with Crippen LogP contribution in [0.25, 0.3) is 0 Å². The quantitative estimate of drug-likeness (QED) is 0.858. The summed E-state index contributed by atoms with van der Waals surface area (Å²) in [5, 5.41) is 3.88. The fourth-order valence-corrected chi connectivity index (χ4v) is 3.00. The number of nitrogens with one attached hydrogen (secondary N) is 1. The highest BCUT2D eigenvalue weighted by atomic mass is 35.5. The molecule has 1 fully saturated rings. The summed E-state index contributed by atoms with van der Waals surface area (Å²) < 4.78 is 0. The van der Waals surface area contributed by atoms with Gasteiger partial charge in [0.25, 0.3) is 0 Å². The van der Waals surface area contributed by atoms with Gasteiger partial charge >= 0.3 is 0 Å². The van der Waals surface area contributed by atoms with Gasteiger partial charge in [0.1, 0.15) is 0 Å². The zero-order chi connectivity index (χ0) is 14.5. The first-order chi connectivity index (χ1) is 9.56. The van der Waals surface area contributed by atoms with Crippen LogP contribution in [0.5, 0.6) is 0 Å². The van der Waals surface area contributed by atoms with E-state index in [1.165, 1.54) is 19.3 Å². The zero-order valence-corrected chi connectivity index (χ0v) is 14.4. The number of amides is 1. The molecule has 1 aromatic carbocycles. The van der Waals surface area contributed by atoms with Gasteiger partial charge in [-0.05, 0) is 51.1 Å². The fraction of sp³-hybridized carbons (Fsp3) is 0.533. The van der Waals surface area contributed by atoms with E-state index in [-0.39, 0.29) is 24.4 Å². The minimum absolute atomic E-state index is 0. The molecule has 3 nitrogen and oxygen atoms in total. The minimum atomic E-state index is -0.00713. The molecule has 0 spiro atoms. The Hall–Kier alpha value is -0.480. The normalized spacial score (nSPS) is 16.9. The Labute approximate surface area is 142 Å². The molecule has 1 aliphatic rings. The van der Waals surface area contributed by atoms with Gasteiger partial charge in [0, 0.05) is 17.5 Å². The van der Waals surface area contributed by atoms with Gasteiger partial charge in [-0.25, -0.2) is 0 Å². The van der Waals surface area contributed by atoms with E-state index >= 15 is 0 Å². The van der Waals surface area contributed by atoms with Crippen molar-refractivity contribution < 1.29 is 4.79 Å². The maximum absolute atomic E-state index is 12.1. The van der Waals surface area contributed by atoms with E-state index in [9.17, 15) is 4.79 Å². The van der Waals surface area contributed by atoms with E-state index in [0.29, 0.717) is 22.2 Å². The number of rotatable bonds is 4. The molecule has 0 unspecified atom stereocenters. The second-order valence-corrected chi connectivity index (χ2v) is 6.17. The van der Waals surface area contributed by atoms with Crippen molar-refractivity contribution in [1.82, 2.24) is 4.90 Å². The average molecular weight is 352 g/mol. The minimum Gasteiger partial charge on any atom is -0.325 e. The van der Waals surface area contributed by atoms with Crippen molar-refractivity contribution in [3.8, 4) is 0 Å². The molecule has 1 aromatic rings. The number of carbonyl (C=O) groups is 1. The number of hydrogen-bond donors (Lipinski definition) is 1. The van der Waals surface area contributed by atoms with Crippen LogP contribution < -0.4 is 5.32 Å². The van der Waals surface area contributed by atoms with Gasteiger partial charge in [0.2, 0.25) is 5.91 Å². The molecule has 2 rings (SSSR count). The van der Waals surface area contributed by atoms with Gasteiger partial charge in [-0.15, -0.1) is 12.4 Å². The highest BCUT2D eigenvalue weighted by Crippen LogP contribution is 2.25. The standard InChI is InChI=1S/C15H20Cl2N2O.ClH/c1-11(19-7-3-2-4-8-19)9-15(20)18-14-6-5-12(16)10-13(14)17;/h5-6,10-11H,2-4,7-9H2,1H3,(H,18,20);1H/t11-;/m0./s1. The van der Waals surface area contributed by atoms with Gasteiger partial charge in [0.15, 0.2) is 0 Å². The van der Waals surface area contributed by atoms with Crippen molar-refractivity contribution in [2.45, 2.75) is 38.6 Å². The summed E-state index contributed by atoms with van der Waals surface area (Å²) >= 11 is 11.9. The molecule has 0 bridgehead atoms. The van der Waals surface area contributed by atoms with Crippen LogP contribution in [0.3, 0.4) is 0 Å². The number of hydrogen-bond acceptors (Lipinski definition) is 2. The van der Waals surface area contributed by atoms with E-state index in [2.05, 4.69) is 17.1 Å². The van der Waals surface area contributed by atoms with Crippen LogP contribution in [0.15, 0.2) is 18.2 Å². The first-order valence-corrected chi connectivity index (χ1v) is 7.81. The number of halogens is 3. The number of nitrogens with zero attached hydrogens (tertiary/aromatic N) is 1. The molecular formula is C15H21Cl3N2O. The van der Waals surface area contributed by atoms with E-state index < -0.39 is 0 Å². The lowest BCUT2D eigenvalue weighted by Crippen LogP contribution is -2.39. The van der Waals surface area contributed by atoms with Gasteiger partial charge < -0.3 is 10.2 Å². The van der Waals surface area contributed by atoms with Crippen molar-refractivity contribution in [2.24, 2.45) is 0 Å². The Bertz CT molecular complexity index is 476. The van der Waals surface area contributed by atoms with Crippen LogP contribution in [0, 0.1) is 0 Å². The number of carbonyl (C=O) groups excluding carboxylic acids is 1. The van der Waals surface area contributed by atoms with Crippen molar-refractivity contribution in [3.63, 3.8) is 0 Å². The van der Waals surface area contributed by atoms with Gasteiger partial charge in [-0.3, -0.25) is 4.79 Å². The van der Waals surface area contributed by atoms with Crippen LogP contribution in [-0.4, -0.2) is 29.9 Å². The maximum Gasteiger partial charge on any atom is 0.225 e. The molecule has 0 radical (unpaired) electrons. The number of likely N-dealkylation sites (tertiary alicyclic amines) is 1. The third-order valence-corrected chi connectivity index (χ3v) is 4.25. The summed E-state index contributed by atoms with van der Waals surface area (Å²) in [4.78, 5) is 14.5. The van der Waals surface area contributed by atoms with E-state index in [4.69, 9.17) is 23.2 Å². The molecular weight excluding hydrogens is 331 g/mol. The molecule has 1 aliphatic heterocycles. The van der Waals surface area contributed by atoms with Crippen LogP contribution in [0.4, 0.5) is 5.69 Å². The molecule has 6 heteroatoms. The van der Waals surface area contributed by atoms with Crippen LogP contribution in [0.1, 0.15) is 32.6 Å². The van der Waals surface area contributed by atoms with Crippen LogP contribution in [-0.2, 0) is 4.79 Å². The predicted octanol–water partition coefficient (Wildman–Crippen LogP) is 4.62. The number of anilines is 1. The summed E-state index contributed by atoms with van der Waals surface area (Å²) in [5.41, 5.74) is 0.618. The van der Waals surface area contributed by atoms with E-state index in [0.717, 1.165) is 13.1 Å². The molecule has 118 valence electrons. The summed E-state index contributed by atoms with van der Waals surface area (Å²) in [5.74, 6) is -0.00713. The smallest absolute Gasteiger partial charge is 0.225 e. The summed E-state index contributed by atoms with van der Waals surface area (Å²) in [6.07, 6.45) is 4.25. The molecule has 21 heavy (non-hydrogen) atoms. The zero-order valence-electron chi connectivity index (χ0n) is 12.1. The van der Waals surface area contributed by atoms with Gasteiger partial charge in [-0.1, -0.05) is 29.6 Å². The fourth-order valence-electron chi connectivity index (χ4n) is 2.55. The number of benzene rings is 1. The Morgan fingerprint density at radius 1 is 1.29 bits per heavy atom. The Kier molecular flexibility index (Phi) is 7.82. The Morgan fingerprint density at radius 2 is 1.95 bits per heavy atom. The van der Waals surface area contributed by atoms with Crippen molar-refractivity contribution >= 4 is 47.2 Å². The largest absolute Gasteiger partial charge is 0.325 e. The average Bonchev–Trinajstić information content (AvgIpc) is 2.43. The van der Waals surface area contributed by atoms with Crippen molar-refractivity contribution in [2.75, 3.05) is 18.4 Å². The second-order valence-electron chi connectivity index (χ2n) is 5.32. The third-order valence-electron chi connectivity index (χ3n) is 3.70. The first kappa shape index (κ1) is 18.6. The third kappa shape index (κ3) is 5.67. The monoisotopic (exact) mass is 350 g/mol. The maximum atomic E-state index is 12.1. The Morgan fingerprint density at radius 3 is 2.57 bits per heavy atom. The lowest BCUT2D eigenvalue weighted by atomic mass is 10.1. The first-order valence-electron chi connectivity index (χ1n) is 7.05. The van der Waals surface area contributed by atoms with Crippen molar-refractivity contribution in [1.29, 1.82) is 0 Å². The lowest BCUT2D eigenvalue weighted by Gasteiger charge is -2.32. The van der Waals surface area contributed by atoms with Crippen LogP contribution in [0.2, 0.25) is 10.0 Å². The molecule has 1 saturated heterocycles. The molecule has 0 aliphatic carbocycles. The highest BCUT2D eigenvalue weighted by molar-refractivity contribution is 6.36. The van der Waals surface area contributed by atoms with E-state index in [1.54, 1.807) is 18.2 Å². The summed E-state index contributed by atoms with van der Waals surface area (Å²) in [7, 11) is 0. The highest BCUT2D eigenvalue weighted by Gasteiger charge is 2.19. The van der Waals surface area contributed by atoms with Gasteiger partial charge in [-0.2, -0.15) is 0 Å². The summed E-state index contributed by atoms with van der Waals surface area (Å²) in [6.45, 7) is 4.29. The molecule has 1 heterocycles. The SMILES string of the molecule is C[C@@H](CC(=O)Nc1ccc(Cl)cc1Cl)N1CCCCC1.Cl. The lowest BCUT2D eigenvalue weighted by molar-refractivity contribution is -0.117. The second kappa shape index (κ2) is 8.84. The topological polar surface area (TPSA) is 32.3 Å².